The van der Waals surface area contributed by atoms with Gasteiger partial charge in [-0.15, -0.1) is 0 Å². The topological polar surface area (TPSA) is 40.6 Å². The van der Waals surface area contributed by atoms with E-state index in [0.717, 1.165) is 32.1 Å². The first-order valence-corrected chi connectivity index (χ1v) is 9.97. The van der Waals surface area contributed by atoms with Crippen LogP contribution in [0.1, 0.15) is 64.2 Å². The predicted octanol–water partition coefficient (Wildman–Crippen LogP) is 2.81. The Morgan fingerprint density at radius 1 is 0.750 bits per heavy atom. The molecule has 4 bridgehead atoms. The molecule has 24 heavy (non-hydrogen) atoms. The number of nitrogens with zero attached hydrogens (tertiary/aromatic N) is 2. The van der Waals surface area contributed by atoms with Crippen molar-refractivity contribution in [1.29, 1.82) is 0 Å². The Bertz CT molecular complexity index is 530. The van der Waals surface area contributed by atoms with Crippen LogP contribution in [0.3, 0.4) is 0 Å². The van der Waals surface area contributed by atoms with Crippen LogP contribution < -0.4 is 0 Å². The maximum Gasteiger partial charge on any atom is 0.228 e. The minimum Gasteiger partial charge on any atom is -0.342 e. The summed E-state index contributed by atoms with van der Waals surface area (Å²) in [5.41, 5.74) is -0.442. The summed E-state index contributed by atoms with van der Waals surface area (Å²) in [5.74, 6) is 1.93. The molecule has 6 rings (SSSR count). The lowest BCUT2D eigenvalue weighted by Crippen LogP contribution is -2.61. The Hall–Kier alpha value is -1.06. The molecule has 6 fully saturated rings. The molecule has 0 aliphatic heterocycles. The van der Waals surface area contributed by atoms with Crippen LogP contribution in [0, 0.1) is 22.7 Å². The highest BCUT2D eigenvalue weighted by Gasteiger charge is 2.64. The quantitative estimate of drug-likeness (QED) is 0.795. The van der Waals surface area contributed by atoms with E-state index in [-0.39, 0.29) is 10.8 Å². The lowest BCUT2D eigenvalue weighted by molar-refractivity contribution is -0.178. The molecule has 6 saturated carbocycles. The third kappa shape index (κ3) is 2.10. The molecule has 4 heteroatoms. The highest BCUT2D eigenvalue weighted by Crippen LogP contribution is 2.66. The van der Waals surface area contributed by atoms with Gasteiger partial charge in [-0.25, -0.2) is 0 Å². The number of carbonyl (C=O) groups excluding carboxylic acids is 2. The minimum atomic E-state index is -0.221. The van der Waals surface area contributed by atoms with Crippen LogP contribution in [0.25, 0.3) is 0 Å². The molecule has 0 radical (unpaired) electrons. The van der Waals surface area contributed by atoms with E-state index in [0.29, 0.717) is 35.7 Å². The van der Waals surface area contributed by atoms with Crippen LogP contribution in [0.5, 0.6) is 0 Å². The van der Waals surface area contributed by atoms with Gasteiger partial charge in [0.05, 0.1) is 10.8 Å². The average molecular weight is 330 g/mol. The Labute approximate surface area is 144 Å². The summed E-state index contributed by atoms with van der Waals surface area (Å²) >= 11 is 0. The second-order valence-corrected chi connectivity index (χ2v) is 9.82. The lowest BCUT2D eigenvalue weighted by atomic mass is 9.43. The Balaban J connectivity index is 1.46. The molecule has 0 unspecified atom stereocenters. The van der Waals surface area contributed by atoms with Gasteiger partial charge in [0.15, 0.2) is 0 Å². The first kappa shape index (κ1) is 15.2. The molecule has 2 amide bonds. The summed E-state index contributed by atoms with van der Waals surface area (Å²) < 4.78 is 0. The average Bonchev–Trinajstić information content (AvgIpc) is 3.43. The fourth-order valence-corrected chi connectivity index (χ4v) is 6.77. The van der Waals surface area contributed by atoms with Crippen LogP contribution in [-0.4, -0.2) is 47.8 Å². The maximum atomic E-state index is 13.4. The van der Waals surface area contributed by atoms with E-state index < -0.39 is 0 Å². The highest BCUT2D eigenvalue weighted by molar-refractivity contribution is 5.88. The molecule has 0 heterocycles. The van der Waals surface area contributed by atoms with Gasteiger partial charge in [-0.1, -0.05) is 0 Å². The molecule has 0 aromatic rings. The monoisotopic (exact) mass is 330 g/mol. The van der Waals surface area contributed by atoms with E-state index in [1.807, 2.05) is 23.9 Å². The van der Waals surface area contributed by atoms with Crippen molar-refractivity contribution in [2.45, 2.75) is 76.3 Å². The van der Waals surface area contributed by atoms with E-state index in [1.54, 1.807) is 0 Å². The molecule has 6 aliphatic carbocycles. The van der Waals surface area contributed by atoms with Crippen molar-refractivity contribution in [1.82, 2.24) is 9.80 Å². The van der Waals surface area contributed by atoms with Gasteiger partial charge >= 0.3 is 0 Å². The molecule has 0 aromatic carbocycles. The zero-order chi connectivity index (χ0) is 16.7. The summed E-state index contributed by atoms with van der Waals surface area (Å²) in [6, 6.07) is 0.956. The van der Waals surface area contributed by atoms with Crippen molar-refractivity contribution >= 4 is 11.8 Å². The second-order valence-electron chi connectivity index (χ2n) is 9.82. The lowest BCUT2D eigenvalue weighted by Gasteiger charge is -2.61. The van der Waals surface area contributed by atoms with E-state index in [1.165, 1.54) is 32.1 Å². The van der Waals surface area contributed by atoms with Gasteiger partial charge in [-0.2, -0.15) is 0 Å². The first-order valence-electron chi connectivity index (χ1n) is 9.97. The second kappa shape index (κ2) is 4.76. The molecule has 0 saturated heterocycles. The zero-order valence-corrected chi connectivity index (χ0v) is 15.1. The fraction of sp³-hybridized carbons (Fsp3) is 0.900. The van der Waals surface area contributed by atoms with Gasteiger partial charge in [0, 0.05) is 26.2 Å². The summed E-state index contributed by atoms with van der Waals surface area (Å²) in [6.07, 6.45) is 10.9. The molecular weight excluding hydrogens is 300 g/mol. The van der Waals surface area contributed by atoms with Gasteiger partial charge in [-0.05, 0) is 76.0 Å². The smallest absolute Gasteiger partial charge is 0.228 e. The molecule has 6 aliphatic rings. The van der Waals surface area contributed by atoms with E-state index in [2.05, 4.69) is 0 Å². The van der Waals surface area contributed by atoms with Crippen LogP contribution in [-0.2, 0) is 9.59 Å². The summed E-state index contributed by atoms with van der Waals surface area (Å²) in [7, 11) is 4.01. The predicted molar refractivity (Wildman–Crippen MR) is 91.1 cm³/mol. The summed E-state index contributed by atoms with van der Waals surface area (Å²) in [5, 5.41) is 0. The normalized spacial score (nSPS) is 42.9. The Morgan fingerprint density at radius 3 is 1.46 bits per heavy atom. The molecule has 4 nitrogen and oxygen atoms in total. The van der Waals surface area contributed by atoms with Gasteiger partial charge in [0.25, 0.3) is 0 Å². The SMILES string of the molecule is CN(C(=O)C12CC3CC(C1)CC(C(=O)N(C)C1CC1)(C3)C2)C1CC1. The van der Waals surface area contributed by atoms with Crippen molar-refractivity contribution in [3.63, 3.8) is 0 Å². The standard InChI is InChI=1S/C20H30N2O2/c1-21(15-3-4-15)17(23)19-8-13-7-14(9-19)11-20(10-13,12-19)18(24)22(2)16-5-6-16/h13-16H,3-12H2,1-2H3. The molecule has 132 valence electrons. The van der Waals surface area contributed by atoms with Gasteiger partial charge in [-0.3, -0.25) is 9.59 Å². The zero-order valence-electron chi connectivity index (χ0n) is 15.1. The number of rotatable bonds is 4. The minimum absolute atomic E-state index is 0.221. The molecular formula is C20H30N2O2. The van der Waals surface area contributed by atoms with Crippen LogP contribution in [0.15, 0.2) is 0 Å². The summed E-state index contributed by atoms with van der Waals surface area (Å²) in [4.78, 5) is 30.8. The largest absolute Gasteiger partial charge is 0.342 e. The van der Waals surface area contributed by atoms with Crippen LogP contribution in [0.2, 0.25) is 0 Å². The van der Waals surface area contributed by atoms with Gasteiger partial charge in [0.1, 0.15) is 0 Å². The Morgan fingerprint density at radius 2 is 1.12 bits per heavy atom. The third-order valence-electron chi connectivity index (χ3n) is 7.80. The van der Waals surface area contributed by atoms with E-state index >= 15 is 0 Å². The summed E-state index contributed by atoms with van der Waals surface area (Å²) in [6.45, 7) is 0. The third-order valence-corrected chi connectivity index (χ3v) is 7.80. The van der Waals surface area contributed by atoms with Crippen LogP contribution in [0.4, 0.5) is 0 Å². The van der Waals surface area contributed by atoms with Crippen molar-refractivity contribution in [2.24, 2.45) is 22.7 Å². The van der Waals surface area contributed by atoms with Gasteiger partial charge < -0.3 is 9.80 Å². The van der Waals surface area contributed by atoms with Gasteiger partial charge in [0.2, 0.25) is 11.8 Å². The van der Waals surface area contributed by atoms with Crippen LogP contribution >= 0.6 is 0 Å². The number of hydrogen-bond acceptors (Lipinski definition) is 2. The van der Waals surface area contributed by atoms with E-state index in [4.69, 9.17) is 0 Å². The molecule has 0 atom stereocenters. The maximum absolute atomic E-state index is 13.4. The van der Waals surface area contributed by atoms with Crippen molar-refractivity contribution < 1.29 is 9.59 Å². The van der Waals surface area contributed by atoms with Crippen molar-refractivity contribution in [3.8, 4) is 0 Å². The Kier molecular flexibility index (Phi) is 3.02. The van der Waals surface area contributed by atoms with Crippen molar-refractivity contribution in [2.75, 3.05) is 14.1 Å². The molecule has 0 spiro atoms. The number of hydrogen-bond donors (Lipinski definition) is 0. The molecule has 0 aromatic heterocycles. The first-order chi connectivity index (χ1) is 11.4. The molecule has 0 N–H and O–H groups in total. The fourth-order valence-electron chi connectivity index (χ4n) is 6.77. The van der Waals surface area contributed by atoms with E-state index in [9.17, 15) is 9.59 Å². The number of amides is 2. The highest BCUT2D eigenvalue weighted by atomic mass is 16.2. The number of carbonyl (C=O) groups is 2. The van der Waals surface area contributed by atoms with Crippen molar-refractivity contribution in [3.05, 3.63) is 0 Å².